The van der Waals surface area contributed by atoms with Crippen molar-refractivity contribution < 1.29 is 28.3 Å². The van der Waals surface area contributed by atoms with E-state index in [4.69, 9.17) is 13.9 Å². The zero-order valence-corrected chi connectivity index (χ0v) is 16.6. The molecule has 1 N–H and O–H groups in total. The van der Waals surface area contributed by atoms with Crippen LogP contribution in [0.15, 0.2) is 71.1 Å². The van der Waals surface area contributed by atoms with Crippen molar-refractivity contribution in [1.82, 2.24) is 0 Å². The maximum absolute atomic E-state index is 12.4. The molecule has 3 aromatic rings. The van der Waals surface area contributed by atoms with E-state index in [-0.39, 0.29) is 18.2 Å². The van der Waals surface area contributed by atoms with E-state index in [0.29, 0.717) is 22.8 Å². The Balaban J connectivity index is 1.56. The molecule has 7 heteroatoms. The minimum Gasteiger partial charge on any atom is -0.486 e. The first-order chi connectivity index (χ1) is 14.4. The van der Waals surface area contributed by atoms with Crippen LogP contribution in [0.2, 0.25) is 0 Å². The Morgan fingerprint density at radius 2 is 1.67 bits per heavy atom. The number of hydrogen-bond acceptors (Lipinski definition) is 6. The molecule has 1 aromatic heterocycles. The standard InChI is InChI=1S/C23H21NO6/c1-15(25)19-10-6-7-11-20(19)24-22(26)16(2)29-23(27)21-13-12-18(30-21)14-28-17-8-4-3-5-9-17/h3-13,16H,14H2,1-2H3,(H,24,26)/t16-/m1/s1. The lowest BCUT2D eigenvalue weighted by atomic mass is 10.1. The van der Waals surface area contributed by atoms with Gasteiger partial charge in [-0.25, -0.2) is 4.79 Å². The summed E-state index contributed by atoms with van der Waals surface area (Å²) < 4.78 is 16.2. The largest absolute Gasteiger partial charge is 0.486 e. The molecule has 0 unspecified atom stereocenters. The van der Waals surface area contributed by atoms with Gasteiger partial charge in [0.15, 0.2) is 11.9 Å². The number of furan rings is 1. The number of Topliss-reactive ketones (excluding diaryl/α,β-unsaturated/α-hetero) is 1. The molecule has 0 saturated carbocycles. The fourth-order valence-corrected chi connectivity index (χ4v) is 2.64. The van der Waals surface area contributed by atoms with Gasteiger partial charge in [-0.3, -0.25) is 9.59 Å². The van der Waals surface area contributed by atoms with Crippen LogP contribution in [0.4, 0.5) is 5.69 Å². The highest BCUT2D eigenvalue weighted by molar-refractivity contribution is 6.05. The molecule has 0 spiro atoms. The first-order valence-corrected chi connectivity index (χ1v) is 9.32. The van der Waals surface area contributed by atoms with Crippen LogP contribution < -0.4 is 10.1 Å². The lowest BCUT2D eigenvalue weighted by molar-refractivity contribution is -0.123. The molecule has 0 saturated heterocycles. The van der Waals surface area contributed by atoms with Gasteiger partial charge in [-0.15, -0.1) is 0 Å². The van der Waals surface area contributed by atoms with E-state index < -0.39 is 18.0 Å². The summed E-state index contributed by atoms with van der Waals surface area (Å²) in [6.45, 7) is 2.99. The van der Waals surface area contributed by atoms with Crippen LogP contribution in [0.3, 0.4) is 0 Å². The zero-order valence-electron chi connectivity index (χ0n) is 16.6. The van der Waals surface area contributed by atoms with Gasteiger partial charge >= 0.3 is 5.97 Å². The second kappa shape index (κ2) is 9.56. The number of nitrogens with one attached hydrogen (secondary N) is 1. The van der Waals surface area contributed by atoms with Crippen LogP contribution in [0.25, 0.3) is 0 Å². The average molecular weight is 407 g/mol. The molecule has 30 heavy (non-hydrogen) atoms. The van der Waals surface area contributed by atoms with Crippen molar-refractivity contribution in [3.8, 4) is 5.75 Å². The number of esters is 1. The Kier molecular flexibility index (Phi) is 6.64. The predicted octanol–water partition coefficient (Wildman–Crippen LogP) is 4.25. The van der Waals surface area contributed by atoms with E-state index >= 15 is 0 Å². The van der Waals surface area contributed by atoms with Crippen molar-refractivity contribution in [2.45, 2.75) is 26.6 Å². The summed E-state index contributed by atoms with van der Waals surface area (Å²) in [5.41, 5.74) is 0.731. The summed E-state index contributed by atoms with van der Waals surface area (Å²) in [6.07, 6.45) is -1.09. The summed E-state index contributed by atoms with van der Waals surface area (Å²) in [6, 6.07) is 18.9. The number of ether oxygens (including phenoxy) is 2. The average Bonchev–Trinajstić information content (AvgIpc) is 3.22. The Morgan fingerprint density at radius 3 is 2.40 bits per heavy atom. The van der Waals surface area contributed by atoms with Crippen LogP contribution in [0, 0.1) is 0 Å². The molecule has 7 nitrogen and oxygen atoms in total. The van der Waals surface area contributed by atoms with Gasteiger partial charge < -0.3 is 19.2 Å². The Bertz CT molecular complexity index is 1040. The van der Waals surface area contributed by atoms with Gasteiger partial charge in [0.2, 0.25) is 5.76 Å². The molecule has 0 radical (unpaired) electrons. The van der Waals surface area contributed by atoms with Crippen molar-refractivity contribution in [2.75, 3.05) is 5.32 Å². The summed E-state index contributed by atoms with van der Waals surface area (Å²) in [5, 5.41) is 2.60. The van der Waals surface area contributed by atoms with E-state index in [9.17, 15) is 14.4 Å². The summed E-state index contributed by atoms with van der Waals surface area (Å²) in [7, 11) is 0. The monoisotopic (exact) mass is 407 g/mol. The summed E-state index contributed by atoms with van der Waals surface area (Å²) in [4.78, 5) is 36.3. The van der Waals surface area contributed by atoms with Gasteiger partial charge in [-0.1, -0.05) is 30.3 Å². The summed E-state index contributed by atoms with van der Waals surface area (Å²) >= 11 is 0. The minimum absolute atomic E-state index is 0.0366. The number of anilines is 1. The fraction of sp³-hybridized carbons (Fsp3) is 0.174. The van der Waals surface area contributed by atoms with Crippen LogP contribution in [-0.2, 0) is 16.1 Å². The normalized spacial score (nSPS) is 11.4. The molecule has 0 aliphatic heterocycles. The number of para-hydroxylation sites is 2. The minimum atomic E-state index is -1.09. The fourth-order valence-electron chi connectivity index (χ4n) is 2.64. The zero-order chi connectivity index (χ0) is 21.5. The number of rotatable bonds is 8. The van der Waals surface area contributed by atoms with E-state index in [2.05, 4.69) is 5.32 Å². The second-order valence-electron chi connectivity index (χ2n) is 6.51. The predicted molar refractivity (Wildman–Crippen MR) is 109 cm³/mol. The van der Waals surface area contributed by atoms with Gasteiger partial charge in [0.1, 0.15) is 18.1 Å². The van der Waals surface area contributed by atoms with Crippen LogP contribution in [0.5, 0.6) is 5.75 Å². The SMILES string of the molecule is CC(=O)c1ccccc1NC(=O)[C@@H](C)OC(=O)c1ccc(COc2ccccc2)o1. The maximum atomic E-state index is 12.4. The molecule has 2 aromatic carbocycles. The molecule has 1 amide bonds. The number of carbonyl (C=O) groups is 3. The van der Waals surface area contributed by atoms with Crippen molar-refractivity contribution in [3.05, 3.63) is 83.8 Å². The molecule has 0 bridgehead atoms. The third-order valence-corrected chi connectivity index (χ3v) is 4.20. The molecule has 0 aliphatic rings. The van der Waals surface area contributed by atoms with Crippen molar-refractivity contribution in [1.29, 1.82) is 0 Å². The van der Waals surface area contributed by atoms with Crippen LogP contribution in [-0.4, -0.2) is 23.8 Å². The Hall–Kier alpha value is -3.87. The molecule has 3 rings (SSSR count). The molecule has 154 valence electrons. The molecule has 1 atom stereocenters. The van der Waals surface area contributed by atoms with Crippen molar-refractivity contribution in [3.63, 3.8) is 0 Å². The lowest BCUT2D eigenvalue weighted by Crippen LogP contribution is -2.30. The number of amides is 1. The topological polar surface area (TPSA) is 94.8 Å². The van der Waals surface area contributed by atoms with Gasteiger partial charge in [-0.2, -0.15) is 0 Å². The third-order valence-electron chi connectivity index (χ3n) is 4.20. The highest BCUT2D eigenvalue weighted by Gasteiger charge is 2.22. The van der Waals surface area contributed by atoms with Crippen LogP contribution in [0.1, 0.15) is 40.5 Å². The van der Waals surface area contributed by atoms with Gasteiger partial charge in [0, 0.05) is 5.56 Å². The van der Waals surface area contributed by atoms with Crippen LogP contribution >= 0.6 is 0 Å². The quantitative estimate of drug-likeness (QED) is 0.443. The van der Waals surface area contributed by atoms with Gasteiger partial charge in [0.25, 0.3) is 5.91 Å². The lowest BCUT2D eigenvalue weighted by Gasteiger charge is -2.14. The first-order valence-electron chi connectivity index (χ1n) is 9.32. The molecular weight excluding hydrogens is 386 g/mol. The molecule has 0 fully saturated rings. The number of carbonyl (C=O) groups excluding carboxylic acids is 3. The molecular formula is C23H21NO6. The second-order valence-corrected chi connectivity index (χ2v) is 6.51. The maximum Gasteiger partial charge on any atom is 0.375 e. The van der Waals surface area contributed by atoms with Gasteiger partial charge in [0.05, 0.1) is 5.69 Å². The molecule has 0 aliphatic carbocycles. The van der Waals surface area contributed by atoms with Crippen molar-refractivity contribution in [2.24, 2.45) is 0 Å². The highest BCUT2D eigenvalue weighted by atomic mass is 16.6. The van der Waals surface area contributed by atoms with E-state index in [0.717, 1.165) is 0 Å². The van der Waals surface area contributed by atoms with E-state index in [1.165, 1.54) is 19.9 Å². The third kappa shape index (κ3) is 5.35. The molecule has 1 heterocycles. The number of benzene rings is 2. The summed E-state index contributed by atoms with van der Waals surface area (Å²) in [5.74, 6) is -0.436. The van der Waals surface area contributed by atoms with E-state index in [1.54, 1.807) is 30.3 Å². The smallest absolute Gasteiger partial charge is 0.375 e. The highest BCUT2D eigenvalue weighted by Crippen LogP contribution is 2.17. The van der Waals surface area contributed by atoms with E-state index in [1.807, 2.05) is 30.3 Å². The van der Waals surface area contributed by atoms with Crippen molar-refractivity contribution >= 4 is 23.3 Å². The first kappa shape index (κ1) is 20.9. The van der Waals surface area contributed by atoms with Gasteiger partial charge in [-0.05, 0) is 50.2 Å². The Labute approximate surface area is 173 Å². The number of hydrogen-bond donors (Lipinski definition) is 1. The Morgan fingerprint density at radius 1 is 0.967 bits per heavy atom. The number of ketones is 1.